The number of nitrogens with zero attached hydrogens (tertiary/aromatic N) is 1. The summed E-state index contributed by atoms with van der Waals surface area (Å²) < 4.78 is 17.4. The zero-order valence-corrected chi connectivity index (χ0v) is 47.1. The number of aliphatic imine (C=N–C) groups is 1. The van der Waals surface area contributed by atoms with Crippen molar-refractivity contribution < 1.29 is 84.8 Å². The van der Waals surface area contributed by atoms with E-state index in [9.17, 15) is 70.6 Å². The molecule has 0 radical (unpaired) electrons. The number of carboxylic acids is 1. The summed E-state index contributed by atoms with van der Waals surface area (Å²) in [6.45, 7) is 13.1. The number of hydrogen-bond donors (Lipinski definition) is 13. The van der Waals surface area contributed by atoms with Crippen LogP contribution >= 0.6 is 0 Å². The average molecular weight is 1100 g/mol. The second-order valence-electron chi connectivity index (χ2n) is 21.8. The number of cyclic esters (lactones) is 1. The fourth-order valence-corrected chi connectivity index (χ4v) is 9.63. The predicted molar refractivity (Wildman–Crippen MR) is 292 cm³/mol. The number of carboxylic acid groups (broad SMARTS) is 1. The molecule has 20 heteroatoms. The molecule has 0 amide bonds. The van der Waals surface area contributed by atoms with Crippen molar-refractivity contribution in [1.29, 1.82) is 0 Å². The summed E-state index contributed by atoms with van der Waals surface area (Å²) in [6, 6.07) is 0. The third-order valence-corrected chi connectivity index (χ3v) is 15.0. The van der Waals surface area contributed by atoms with Gasteiger partial charge < -0.3 is 81.0 Å². The van der Waals surface area contributed by atoms with Gasteiger partial charge in [-0.15, -0.1) is 0 Å². The lowest BCUT2D eigenvalue weighted by atomic mass is 9.84. The molecule has 77 heavy (non-hydrogen) atoms. The summed E-state index contributed by atoms with van der Waals surface area (Å²) >= 11 is 0. The quantitative estimate of drug-likeness (QED) is 0.0331. The maximum absolute atomic E-state index is 13.7. The van der Waals surface area contributed by atoms with Crippen LogP contribution in [0.3, 0.4) is 0 Å². The van der Waals surface area contributed by atoms with Crippen LogP contribution in [0.4, 0.5) is 0 Å². The molecule has 2 rings (SSSR count). The van der Waals surface area contributed by atoms with Gasteiger partial charge in [0.15, 0.2) is 11.7 Å². The highest BCUT2D eigenvalue weighted by molar-refractivity contribution is 5.90. The van der Waals surface area contributed by atoms with Crippen LogP contribution in [0.25, 0.3) is 0 Å². The van der Waals surface area contributed by atoms with Crippen LogP contribution in [0.1, 0.15) is 145 Å². The normalized spacial score (nSPS) is 37.6. The number of allylic oxidation sites excluding steroid dienone is 6. The molecule has 13 N–H and O–H groups in total. The van der Waals surface area contributed by atoms with Gasteiger partial charge in [-0.2, -0.15) is 0 Å². The molecule has 0 spiro atoms. The highest BCUT2D eigenvalue weighted by Crippen LogP contribution is 2.36. The minimum absolute atomic E-state index is 0.0655. The first-order valence-electron chi connectivity index (χ1n) is 27.6. The Morgan fingerprint density at radius 3 is 2.06 bits per heavy atom. The van der Waals surface area contributed by atoms with Crippen LogP contribution in [0.2, 0.25) is 0 Å². The Balaban J connectivity index is 2.44. The molecule has 0 aromatic rings. The molecule has 18 unspecified atom stereocenters. The second kappa shape index (κ2) is 35.5. The largest absolute Gasteiger partial charge is 0.481 e. The molecule has 0 aliphatic carbocycles. The first kappa shape index (κ1) is 69.0. The molecule has 0 aromatic carbocycles. The summed E-state index contributed by atoms with van der Waals surface area (Å²) in [5.74, 6) is -6.98. The van der Waals surface area contributed by atoms with Gasteiger partial charge >= 0.3 is 17.9 Å². The molecule has 442 valence electrons. The van der Waals surface area contributed by atoms with Crippen LogP contribution in [0.15, 0.2) is 64.7 Å². The van der Waals surface area contributed by atoms with Crippen molar-refractivity contribution in [1.82, 2.24) is 10.6 Å². The Kier molecular flexibility index (Phi) is 31.9. The van der Waals surface area contributed by atoms with E-state index >= 15 is 0 Å². The number of fused-ring (bicyclic) bond motifs is 2. The summed E-state index contributed by atoms with van der Waals surface area (Å²) in [7, 11) is 3.53. The molecule has 20 nitrogen and oxygen atoms in total. The third-order valence-electron chi connectivity index (χ3n) is 15.0. The van der Waals surface area contributed by atoms with Crippen molar-refractivity contribution in [3.8, 4) is 0 Å². The van der Waals surface area contributed by atoms with Crippen molar-refractivity contribution in [3.05, 3.63) is 59.8 Å². The summed E-state index contributed by atoms with van der Waals surface area (Å²) in [6.07, 6.45) is 1.35. The molecular formula is C57H97N3O17. The van der Waals surface area contributed by atoms with Crippen LogP contribution in [-0.4, -0.2) is 180 Å². The zero-order chi connectivity index (χ0) is 58.0. The molecule has 18 atom stereocenters. The van der Waals surface area contributed by atoms with Crippen molar-refractivity contribution in [3.63, 3.8) is 0 Å². The number of aliphatic hydroxyl groups excluding tert-OH is 9. The van der Waals surface area contributed by atoms with Crippen molar-refractivity contribution in [2.75, 3.05) is 20.6 Å². The van der Waals surface area contributed by atoms with Crippen molar-refractivity contribution in [2.45, 2.75) is 224 Å². The second-order valence-corrected chi connectivity index (χ2v) is 21.8. The number of aliphatic hydroxyl groups is 10. The fourth-order valence-electron chi connectivity index (χ4n) is 9.63. The van der Waals surface area contributed by atoms with E-state index in [0.717, 1.165) is 44.6 Å². The van der Waals surface area contributed by atoms with Gasteiger partial charge in [0.05, 0.1) is 54.9 Å². The predicted octanol–water partition coefficient (Wildman–Crippen LogP) is 3.63. The molecule has 2 aliphatic heterocycles. The zero-order valence-electron chi connectivity index (χ0n) is 47.1. The number of hydrogen-bond acceptors (Lipinski definition) is 17. The molecule has 1 saturated heterocycles. The molecule has 2 heterocycles. The molecule has 2 bridgehead atoms. The maximum Gasteiger partial charge on any atom is 0.334 e. The van der Waals surface area contributed by atoms with Gasteiger partial charge in [-0.05, 0) is 82.6 Å². The minimum atomic E-state index is -2.48. The van der Waals surface area contributed by atoms with Gasteiger partial charge in [0.25, 0.3) is 0 Å². The summed E-state index contributed by atoms with van der Waals surface area (Å²) in [5.41, 5.74) is 0.779. The molecule has 0 saturated carbocycles. The first-order chi connectivity index (χ1) is 36.2. The highest BCUT2D eigenvalue weighted by Gasteiger charge is 2.50. The summed E-state index contributed by atoms with van der Waals surface area (Å²) in [5, 5.41) is 127. The first-order valence-corrected chi connectivity index (χ1v) is 27.6. The van der Waals surface area contributed by atoms with Crippen LogP contribution in [0, 0.1) is 29.6 Å². The number of nitrogens with one attached hydrogen (secondary N) is 2. The number of aliphatic carboxylic acids is 1. The number of carbonyl (C=O) groups excluding carboxylic acids is 2. The number of unbranched alkanes of at least 4 members (excludes halogenated alkanes) is 2. The van der Waals surface area contributed by atoms with E-state index in [0.29, 0.717) is 11.1 Å². The number of ether oxygens (including phenoxy) is 3. The van der Waals surface area contributed by atoms with E-state index in [1.807, 2.05) is 27.0 Å². The van der Waals surface area contributed by atoms with Gasteiger partial charge in [0.1, 0.15) is 24.7 Å². The van der Waals surface area contributed by atoms with Crippen LogP contribution in [-0.2, 0) is 28.6 Å². The lowest BCUT2D eigenvalue weighted by Crippen LogP contribution is -2.59. The van der Waals surface area contributed by atoms with Gasteiger partial charge in [0.2, 0.25) is 0 Å². The lowest BCUT2D eigenvalue weighted by Gasteiger charge is -2.45. The van der Waals surface area contributed by atoms with Crippen molar-refractivity contribution in [2.24, 2.45) is 34.6 Å². The lowest BCUT2D eigenvalue weighted by molar-refractivity contribution is -0.333. The monoisotopic (exact) mass is 1100 g/mol. The van der Waals surface area contributed by atoms with E-state index < -0.39 is 128 Å². The molecule has 2 aliphatic rings. The Morgan fingerprint density at radius 1 is 0.805 bits per heavy atom. The van der Waals surface area contributed by atoms with E-state index in [2.05, 4.69) is 27.8 Å². The standard InChI is InChI=1S/C57H97N3O17/c1-34-19-16-21-38(5)53(37(4)18-14-12-10-11-13-15-25-60-56(58-8)59-9)76-55(73)39(6)22-17-20-35(2)47(65)31-48(66)40(7)45(63)24-23-36(3)50(68)33-57(74)54(72)49(67)30-44(77-57)28-41(61)26-43(27-42(62)29-46(34)64)75-52(71)32-51(69)70/h10-11,16-17,19-22,35-38,40-50,53-54,61-68,72,74H,12-15,18,23-33H2,1-9H3,(H,69,70)(H2,58,59,60)/b11-10+,20-17+,21-16-,34-19+,39-22+. The number of rotatable bonds is 12. The van der Waals surface area contributed by atoms with Crippen molar-refractivity contribution >= 4 is 23.9 Å². The van der Waals surface area contributed by atoms with Gasteiger partial charge in [0, 0.05) is 82.5 Å². The van der Waals surface area contributed by atoms with E-state index in [-0.39, 0.29) is 63.2 Å². The smallest absolute Gasteiger partial charge is 0.334 e. The van der Waals surface area contributed by atoms with E-state index in [1.165, 1.54) is 0 Å². The number of esters is 2. The minimum Gasteiger partial charge on any atom is -0.481 e. The Bertz CT molecular complexity index is 1940. The number of carbonyl (C=O) groups is 3. The van der Waals surface area contributed by atoms with Gasteiger partial charge in [-0.1, -0.05) is 83.2 Å². The Morgan fingerprint density at radius 2 is 1.43 bits per heavy atom. The van der Waals surface area contributed by atoms with Crippen LogP contribution < -0.4 is 10.6 Å². The SMILES string of the molecule is CN=C(NC)NCCC/C=C/CCCC(C)C1OC(=O)/C(C)=C/C=C/C(C)C(O)CC(O)C(C)C(O)CCC(C)C(O)CC2(O)OC(CC(O)CC(OC(=O)CC(=O)O)CC(O)CC(O)/C(C)=C/C=C\C1C)CC(O)C2O. The topological polar surface area (TPSA) is 338 Å². The molecule has 0 aromatic heterocycles. The van der Waals surface area contributed by atoms with E-state index in [4.69, 9.17) is 14.2 Å². The van der Waals surface area contributed by atoms with Gasteiger partial charge in [-0.25, -0.2) is 4.79 Å². The third kappa shape index (κ3) is 25.7. The average Bonchev–Trinajstić information content (AvgIpc) is 3.35. The fraction of sp³-hybridized carbons (Fsp3) is 0.754. The Labute approximate surface area is 456 Å². The molecule has 1 fully saturated rings. The summed E-state index contributed by atoms with van der Waals surface area (Å²) in [4.78, 5) is 41.6. The maximum atomic E-state index is 13.7. The van der Waals surface area contributed by atoms with Crippen LogP contribution in [0.5, 0.6) is 0 Å². The number of guanidine groups is 1. The Hall–Kier alpha value is -4.06. The van der Waals surface area contributed by atoms with E-state index in [1.54, 1.807) is 72.0 Å². The molecular weight excluding hydrogens is 999 g/mol. The highest BCUT2D eigenvalue weighted by atomic mass is 16.7. The van der Waals surface area contributed by atoms with Gasteiger partial charge in [-0.3, -0.25) is 14.6 Å².